The van der Waals surface area contributed by atoms with Crippen molar-refractivity contribution in [2.24, 2.45) is 4.99 Å². The number of nitrogens with one attached hydrogen (secondary N) is 1. The number of rotatable bonds is 6. The van der Waals surface area contributed by atoms with Crippen LogP contribution in [-0.4, -0.2) is 41.8 Å². The van der Waals surface area contributed by atoms with Crippen molar-refractivity contribution in [1.82, 2.24) is 14.8 Å². The first-order valence-electron chi connectivity index (χ1n) is 9.80. The Morgan fingerprint density at radius 2 is 1.79 bits per heavy atom. The van der Waals surface area contributed by atoms with E-state index in [9.17, 15) is 13.2 Å². The molecule has 0 amide bonds. The number of benzene rings is 2. The van der Waals surface area contributed by atoms with Gasteiger partial charge in [0.25, 0.3) is 0 Å². The number of amidine groups is 1. The van der Waals surface area contributed by atoms with Gasteiger partial charge in [-0.2, -0.15) is 18.3 Å². The van der Waals surface area contributed by atoms with Gasteiger partial charge in [0.05, 0.1) is 22.2 Å². The summed E-state index contributed by atoms with van der Waals surface area (Å²) in [7, 11) is 4.95. The van der Waals surface area contributed by atoms with Crippen LogP contribution in [0.4, 0.5) is 19.0 Å². The molecule has 0 fully saturated rings. The molecule has 0 saturated carbocycles. The molecular formula is C22H22Cl2F3N5O. The number of hydrogen-bond donors (Lipinski definition) is 1. The molecule has 0 unspecified atom stereocenters. The minimum atomic E-state index is -4.58. The summed E-state index contributed by atoms with van der Waals surface area (Å²) in [5.74, 6) is 0.906. The van der Waals surface area contributed by atoms with Gasteiger partial charge in [-0.3, -0.25) is 9.83 Å². The zero-order valence-corrected chi connectivity index (χ0v) is 19.8. The fourth-order valence-electron chi connectivity index (χ4n) is 3.30. The Labute approximate surface area is 199 Å². The van der Waals surface area contributed by atoms with Gasteiger partial charge in [0.1, 0.15) is 17.2 Å². The predicted molar refractivity (Wildman–Crippen MR) is 124 cm³/mol. The fraction of sp³-hybridized carbons (Fsp3) is 0.273. The fourth-order valence-corrected chi connectivity index (χ4v) is 3.94. The summed E-state index contributed by atoms with van der Waals surface area (Å²) in [6.07, 6.45) is -4.58. The molecule has 2 aromatic carbocycles. The van der Waals surface area contributed by atoms with Crippen molar-refractivity contribution in [1.29, 1.82) is 0 Å². The third kappa shape index (κ3) is 5.26. The summed E-state index contributed by atoms with van der Waals surface area (Å²) in [6, 6.07) is 11.3. The number of hydroxylamine groups is 2. The van der Waals surface area contributed by atoms with E-state index in [1.54, 1.807) is 28.1 Å². The smallest absolute Gasteiger partial charge is 0.373 e. The Bertz CT molecular complexity index is 1140. The van der Waals surface area contributed by atoms with E-state index < -0.39 is 11.7 Å². The van der Waals surface area contributed by atoms with Gasteiger partial charge in [0.2, 0.25) is 0 Å². The van der Waals surface area contributed by atoms with Crippen LogP contribution in [0.5, 0.6) is 0 Å². The Morgan fingerprint density at radius 3 is 2.30 bits per heavy atom. The van der Waals surface area contributed by atoms with Gasteiger partial charge in [-0.25, -0.2) is 9.75 Å². The lowest BCUT2D eigenvalue weighted by Gasteiger charge is -2.19. The SMILES string of the molecule is CN=C(c1nn(-c2c(Cl)cc(C(F)(F)F)cc2Cl)c(NC)c1C)N(C)OCc1ccccc1. The molecule has 33 heavy (non-hydrogen) atoms. The lowest BCUT2D eigenvalue weighted by atomic mass is 10.2. The Hall–Kier alpha value is -2.75. The molecule has 6 nitrogen and oxygen atoms in total. The highest BCUT2D eigenvalue weighted by Crippen LogP contribution is 2.39. The summed E-state index contributed by atoms with van der Waals surface area (Å²) < 4.78 is 40.8. The molecule has 0 aliphatic rings. The molecule has 0 spiro atoms. The molecule has 0 atom stereocenters. The quantitative estimate of drug-likeness (QED) is 0.257. The first-order valence-corrected chi connectivity index (χ1v) is 10.6. The minimum Gasteiger partial charge on any atom is -0.373 e. The second-order valence-corrected chi connectivity index (χ2v) is 7.89. The van der Waals surface area contributed by atoms with Crippen LogP contribution in [-0.2, 0) is 17.6 Å². The lowest BCUT2D eigenvalue weighted by molar-refractivity contribution is -0.137. The molecule has 176 valence electrons. The number of aromatic nitrogens is 2. The topological polar surface area (TPSA) is 54.7 Å². The highest BCUT2D eigenvalue weighted by Gasteiger charge is 2.33. The zero-order chi connectivity index (χ0) is 24.3. The Morgan fingerprint density at radius 1 is 1.18 bits per heavy atom. The number of hydrogen-bond acceptors (Lipinski definition) is 4. The summed E-state index contributed by atoms with van der Waals surface area (Å²) in [6.45, 7) is 2.11. The summed E-state index contributed by atoms with van der Waals surface area (Å²) in [5, 5.41) is 8.67. The van der Waals surface area contributed by atoms with Crippen LogP contribution >= 0.6 is 23.2 Å². The van der Waals surface area contributed by atoms with E-state index in [2.05, 4.69) is 15.4 Å². The Kier molecular flexibility index (Phi) is 7.56. The van der Waals surface area contributed by atoms with Crippen molar-refractivity contribution in [3.63, 3.8) is 0 Å². The highest BCUT2D eigenvalue weighted by molar-refractivity contribution is 6.38. The minimum absolute atomic E-state index is 0.119. The van der Waals surface area contributed by atoms with Gasteiger partial charge < -0.3 is 5.32 Å². The van der Waals surface area contributed by atoms with E-state index in [0.29, 0.717) is 29.5 Å². The number of aliphatic imine (C=N–C) groups is 1. The summed E-state index contributed by atoms with van der Waals surface area (Å²) in [5.41, 5.74) is 1.28. The van der Waals surface area contributed by atoms with Gasteiger partial charge in [0.15, 0.2) is 5.84 Å². The molecule has 1 aromatic heterocycles. The van der Waals surface area contributed by atoms with Gasteiger partial charge >= 0.3 is 6.18 Å². The van der Waals surface area contributed by atoms with Crippen molar-refractivity contribution >= 4 is 34.9 Å². The molecule has 1 N–H and O–H groups in total. The first-order chi connectivity index (χ1) is 15.6. The Balaban J connectivity index is 2.00. The lowest BCUT2D eigenvalue weighted by Crippen LogP contribution is -2.29. The van der Waals surface area contributed by atoms with Crippen LogP contribution in [0, 0.1) is 6.92 Å². The molecule has 0 saturated heterocycles. The molecule has 0 bridgehead atoms. The number of halogens is 5. The third-order valence-corrected chi connectivity index (χ3v) is 5.48. The van der Waals surface area contributed by atoms with Crippen molar-refractivity contribution in [3.05, 3.63) is 74.9 Å². The van der Waals surface area contributed by atoms with Crippen LogP contribution in [0.25, 0.3) is 5.69 Å². The van der Waals surface area contributed by atoms with Crippen molar-refractivity contribution < 1.29 is 18.0 Å². The first kappa shape index (κ1) is 24.9. The highest BCUT2D eigenvalue weighted by atomic mass is 35.5. The molecule has 0 radical (unpaired) electrons. The van der Waals surface area contributed by atoms with Gasteiger partial charge in [-0.15, -0.1) is 0 Å². The van der Waals surface area contributed by atoms with Crippen LogP contribution < -0.4 is 5.32 Å². The predicted octanol–water partition coefficient (Wildman–Crippen LogP) is 5.99. The maximum absolute atomic E-state index is 13.1. The maximum Gasteiger partial charge on any atom is 0.416 e. The second kappa shape index (κ2) is 10.0. The van der Waals surface area contributed by atoms with Crippen LogP contribution in [0.3, 0.4) is 0 Å². The average Bonchev–Trinajstić information content (AvgIpc) is 3.08. The normalized spacial score (nSPS) is 12.2. The molecular weight excluding hydrogens is 478 g/mol. The van der Waals surface area contributed by atoms with E-state index in [1.165, 1.54) is 9.75 Å². The van der Waals surface area contributed by atoms with Gasteiger partial charge in [0, 0.05) is 26.7 Å². The third-order valence-electron chi connectivity index (χ3n) is 4.90. The van der Waals surface area contributed by atoms with E-state index in [-0.39, 0.29) is 15.7 Å². The molecule has 0 aliphatic heterocycles. The van der Waals surface area contributed by atoms with Crippen molar-refractivity contribution in [2.75, 3.05) is 26.5 Å². The van der Waals surface area contributed by atoms with Crippen LogP contribution in [0.2, 0.25) is 10.0 Å². The van der Waals surface area contributed by atoms with E-state index in [0.717, 1.165) is 17.7 Å². The van der Waals surface area contributed by atoms with E-state index >= 15 is 0 Å². The molecule has 11 heteroatoms. The van der Waals surface area contributed by atoms with Crippen molar-refractivity contribution in [2.45, 2.75) is 19.7 Å². The molecule has 0 aliphatic carbocycles. The van der Waals surface area contributed by atoms with Gasteiger partial charge in [-0.1, -0.05) is 53.5 Å². The van der Waals surface area contributed by atoms with Crippen molar-refractivity contribution in [3.8, 4) is 5.69 Å². The summed E-state index contributed by atoms with van der Waals surface area (Å²) >= 11 is 12.4. The van der Waals surface area contributed by atoms with Crippen LogP contribution in [0.1, 0.15) is 22.4 Å². The molecule has 1 heterocycles. The zero-order valence-electron chi connectivity index (χ0n) is 18.3. The molecule has 3 rings (SSSR count). The number of alkyl halides is 3. The standard InChI is InChI=1S/C22H22Cl2F3N5O/c1-13-18(21(29-3)31(4)33-12-14-8-6-5-7-9-14)30-32(20(13)28-2)19-16(23)10-15(11-17(19)24)22(25,26)27/h5-11,28H,12H2,1-4H3. The average molecular weight is 500 g/mol. The number of nitrogens with zero attached hydrogens (tertiary/aromatic N) is 4. The summed E-state index contributed by atoms with van der Waals surface area (Å²) in [4.78, 5) is 10.1. The largest absolute Gasteiger partial charge is 0.416 e. The maximum atomic E-state index is 13.1. The molecule has 3 aromatic rings. The van der Waals surface area contributed by atoms with Crippen LogP contribution in [0.15, 0.2) is 47.5 Å². The van der Waals surface area contributed by atoms with E-state index in [1.807, 2.05) is 30.3 Å². The number of anilines is 1. The second-order valence-electron chi connectivity index (χ2n) is 7.07. The monoisotopic (exact) mass is 499 g/mol. The van der Waals surface area contributed by atoms with Gasteiger partial charge in [-0.05, 0) is 24.6 Å². The van der Waals surface area contributed by atoms with E-state index in [4.69, 9.17) is 28.0 Å².